The minimum absolute atomic E-state index is 0.0125. The van der Waals surface area contributed by atoms with E-state index in [9.17, 15) is 9.59 Å². The van der Waals surface area contributed by atoms with Gasteiger partial charge in [-0.2, -0.15) is 0 Å². The molecule has 1 N–H and O–H groups in total. The number of benzene rings is 1. The zero-order valence-corrected chi connectivity index (χ0v) is 13.3. The highest BCUT2D eigenvalue weighted by molar-refractivity contribution is 5.87. The molecule has 5 nitrogen and oxygen atoms in total. The van der Waals surface area contributed by atoms with Gasteiger partial charge in [0.05, 0.1) is 6.54 Å². The number of para-hydroxylation sites is 1. The van der Waals surface area contributed by atoms with E-state index in [1.807, 2.05) is 39.0 Å². The summed E-state index contributed by atoms with van der Waals surface area (Å²) in [7, 11) is 1.59. The molecule has 0 unspecified atom stereocenters. The highest BCUT2D eigenvalue weighted by Gasteiger charge is 2.22. The van der Waals surface area contributed by atoms with E-state index in [0.29, 0.717) is 5.75 Å². The van der Waals surface area contributed by atoms with Gasteiger partial charge in [0, 0.05) is 12.6 Å². The van der Waals surface area contributed by atoms with E-state index >= 15 is 0 Å². The van der Waals surface area contributed by atoms with Gasteiger partial charge in [-0.05, 0) is 39.8 Å². The Bertz CT molecular complexity index is 480. The summed E-state index contributed by atoms with van der Waals surface area (Å²) in [5.41, 5.74) is -0.312. The molecule has 0 aromatic heterocycles. The summed E-state index contributed by atoms with van der Waals surface area (Å²) in [5.74, 6) is 0.207. The lowest BCUT2D eigenvalue weighted by Gasteiger charge is -2.25. The number of ether oxygens (including phenoxy) is 1. The van der Waals surface area contributed by atoms with Crippen molar-refractivity contribution in [1.82, 2.24) is 10.2 Å². The second kappa shape index (κ2) is 7.11. The Labute approximate surface area is 126 Å². The van der Waals surface area contributed by atoms with Crippen molar-refractivity contribution in [3.05, 3.63) is 30.3 Å². The first-order valence-electron chi connectivity index (χ1n) is 6.97. The molecule has 2 amide bonds. The lowest BCUT2D eigenvalue weighted by Crippen LogP contribution is -2.48. The van der Waals surface area contributed by atoms with E-state index in [2.05, 4.69) is 5.32 Å². The molecular formula is C16H24N2O3. The van der Waals surface area contributed by atoms with Gasteiger partial charge in [-0.3, -0.25) is 9.59 Å². The lowest BCUT2D eigenvalue weighted by molar-refractivity contribution is -0.140. The number of carbonyl (C=O) groups excluding carboxylic acids is 2. The number of carbonyl (C=O) groups is 2. The molecule has 1 atom stereocenters. The van der Waals surface area contributed by atoms with E-state index in [0.717, 1.165) is 0 Å². The third-order valence-corrected chi connectivity index (χ3v) is 2.68. The van der Waals surface area contributed by atoms with Crippen LogP contribution in [0.4, 0.5) is 0 Å². The SMILES string of the molecule is C[C@H](Oc1ccccc1)C(=O)N(C)CC(=O)NC(C)(C)C. The zero-order valence-electron chi connectivity index (χ0n) is 13.3. The molecule has 0 aliphatic carbocycles. The van der Waals surface area contributed by atoms with Gasteiger partial charge in [0.1, 0.15) is 5.75 Å². The van der Waals surface area contributed by atoms with Gasteiger partial charge in [-0.25, -0.2) is 0 Å². The summed E-state index contributed by atoms with van der Waals surface area (Å²) in [6, 6.07) is 9.13. The second-order valence-corrected chi connectivity index (χ2v) is 6.07. The minimum Gasteiger partial charge on any atom is -0.481 e. The summed E-state index contributed by atoms with van der Waals surface area (Å²) in [6.45, 7) is 7.38. The first-order valence-corrected chi connectivity index (χ1v) is 6.97. The van der Waals surface area contributed by atoms with Crippen LogP contribution in [0.3, 0.4) is 0 Å². The molecule has 0 heterocycles. The standard InChI is InChI=1S/C16H24N2O3/c1-12(21-13-9-7-6-8-10-13)15(20)18(5)11-14(19)17-16(2,3)4/h6-10,12H,11H2,1-5H3,(H,17,19)/t12-/m0/s1. The van der Waals surface area contributed by atoms with E-state index in [4.69, 9.17) is 4.74 Å². The van der Waals surface area contributed by atoms with Gasteiger partial charge >= 0.3 is 0 Å². The third kappa shape index (κ3) is 6.29. The Morgan fingerprint density at radius 2 is 1.81 bits per heavy atom. The van der Waals surface area contributed by atoms with Crippen molar-refractivity contribution >= 4 is 11.8 Å². The Hall–Kier alpha value is -2.04. The monoisotopic (exact) mass is 292 g/mol. The summed E-state index contributed by atoms with van der Waals surface area (Å²) in [5, 5.41) is 2.82. The summed E-state index contributed by atoms with van der Waals surface area (Å²) < 4.78 is 5.56. The number of hydrogen-bond acceptors (Lipinski definition) is 3. The fourth-order valence-corrected chi connectivity index (χ4v) is 1.82. The van der Waals surface area contributed by atoms with Crippen LogP contribution in [0.15, 0.2) is 30.3 Å². The highest BCUT2D eigenvalue weighted by atomic mass is 16.5. The molecule has 21 heavy (non-hydrogen) atoms. The van der Waals surface area contributed by atoms with Crippen LogP contribution in [0, 0.1) is 0 Å². The first-order chi connectivity index (χ1) is 9.69. The maximum Gasteiger partial charge on any atom is 0.263 e. The minimum atomic E-state index is -0.639. The Balaban J connectivity index is 2.52. The number of hydrogen-bond donors (Lipinski definition) is 1. The molecule has 1 rings (SSSR count). The largest absolute Gasteiger partial charge is 0.481 e. The average Bonchev–Trinajstić information content (AvgIpc) is 2.36. The number of nitrogens with zero attached hydrogens (tertiary/aromatic N) is 1. The van der Waals surface area contributed by atoms with E-state index in [-0.39, 0.29) is 23.9 Å². The lowest BCUT2D eigenvalue weighted by atomic mass is 10.1. The van der Waals surface area contributed by atoms with Crippen molar-refractivity contribution in [2.45, 2.75) is 39.3 Å². The third-order valence-electron chi connectivity index (χ3n) is 2.68. The van der Waals surface area contributed by atoms with Crippen LogP contribution in [0.2, 0.25) is 0 Å². The van der Waals surface area contributed by atoms with Gasteiger partial charge in [-0.15, -0.1) is 0 Å². The first kappa shape index (κ1) is 17.0. The van der Waals surface area contributed by atoms with Gasteiger partial charge in [0.15, 0.2) is 6.10 Å². The number of nitrogens with one attached hydrogen (secondary N) is 1. The van der Waals surface area contributed by atoms with Crippen LogP contribution in [0.5, 0.6) is 5.75 Å². The number of rotatable bonds is 5. The molecule has 0 aliphatic heterocycles. The predicted octanol–water partition coefficient (Wildman–Crippen LogP) is 1.83. The quantitative estimate of drug-likeness (QED) is 0.900. The molecule has 0 bridgehead atoms. The van der Waals surface area contributed by atoms with Crippen molar-refractivity contribution in [3.8, 4) is 5.75 Å². The van der Waals surface area contributed by atoms with Crippen molar-refractivity contribution in [1.29, 1.82) is 0 Å². The molecule has 1 aromatic carbocycles. The molecule has 0 saturated heterocycles. The fraction of sp³-hybridized carbons (Fsp3) is 0.500. The topological polar surface area (TPSA) is 58.6 Å². The number of amides is 2. The number of likely N-dealkylation sites (N-methyl/N-ethyl adjacent to an activating group) is 1. The Morgan fingerprint density at radius 1 is 1.24 bits per heavy atom. The van der Waals surface area contributed by atoms with Crippen LogP contribution in [0.25, 0.3) is 0 Å². The molecule has 0 spiro atoms. The molecule has 0 saturated carbocycles. The molecule has 5 heteroatoms. The maximum atomic E-state index is 12.2. The molecule has 116 valence electrons. The smallest absolute Gasteiger partial charge is 0.263 e. The average molecular weight is 292 g/mol. The van der Waals surface area contributed by atoms with Crippen molar-refractivity contribution in [2.75, 3.05) is 13.6 Å². The van der Waals surface area contributed by atoms with E-state index in [1.165, 1.54) is 4.90 Å². The molecule has 0 radical (unpaired) electrons. The van der Waals surface area contributed by atoms with E-state index < -0.39 is 6.10 Å². The van der Waals surface area contributed by atoms with Crippen molar-refractivity contribution in [3.63, 3.8) is 0 Å². The maximum absolute atomic E-state index is 12.2. The molecule has 1 aromatic rings. The van der Waals surface area contributed by atoms with Gasteiger partial charge in [0.2, 0.25) is 5.91 Å². The van der Waals surface area contributed by atoms with Crippen LogP contribution in [0.1, 0.15) is 27.7 Å². The molecule has 0 aliphatic rings. The Morgan fingerprint density at radius 3 is 2.33 bits per heavy atom. The molecular weight excluding hydrogens is 268 g/mol. The van der Waals surface area contributed by atoms with Gasteiger partial charge in [0.25, 0.3) is 5.91 Å². The van der Waals surface area contributed by atoms with Crippen molar-refractivity contribution < 1.29 is 14.3 Å². The summed E-state index contributed by atoms with van der Waals surface area (Å²) >= 11 is 0. The second-order valence-electron chi connectivity index (χ2n) is 6.07. The van der Waals surface area contributed by atoms with E-state index in [1.54, 1.807) is 26.1 Å². The van der Waals surface area contributed by atoms with Crippen LogP contribution in [-0.2, 0) is 9.59 Å². The molecule has 0 fully saturated rings. The fourth-order valence-electron chi connectivity index (χ4n) is 1.82. The normalized spacial score (nSPS) is 12.4. The highest BCUT2D eigenvalue weighted by Crippen LogP contribution is 2.11. The van der Waals surface area contributed by atoms with Gasteiger partial charge in [-0.1, -0.05) is 18.2 Å². The Kier molecular flexibility index (Phi) is 5.76. The van der Waals surface area contributed by atoms with Crippen LogP contribution < -0.4 is 10.1 Å². The van der Waals surface area contributed by atoms with Crippen LogP contribution in [-0.4, -0.2) is 41.9 Å². The van der Waals surface area contributed by atoms with Crippen LogP contribution >= 0.6 is 0 Å². The zero-order chi connectivity index (χ0) is 16.0. The summed E-state index contributed by atoms with van der Waals surface area (Å²) in [6.07, 6.45) is -0.639. The van der Waals surface area contributed by atoms with Crippen molar-refractivity contribution in [2.24, 2.45) is 0 Å². The summed E-state index contributed by atoms with van der Waals surface area (Å²) in [4.78, 5) is 25.3. The van der Waals surface area contributed by atoms with Gasteiger partial charge < -0.3 is 15.0 Å². The predicted molar refractivity (Wildman–Crippen MR) is 82.1 cm³/mol.